The van der Waals surface area contributed by atoms with E-state index in [4.69, 9.17) is 0 Å². The fraction of sp³-hybridized carbons (Fsp3) is 0.733. The SMILES string of the molecule is CC(C)(C)c1c2c(nn1C(=O)O)CCC(NC1CC1)C2.Cl. The zero-order chi connectivity index (χ0) is 14.5. The molecule has 21 heavy (non-hydrogen) atoms. The zero-order valence-electron chi connectivity index (χ0n) is 12.8. The normalized spacial score (nSPS) is 21.6. The van der Waals surface area contributed by atoms with Crippen molar-refractivity contribution in [2.75, 3.05) is 0 Å². The first-order valence-electron chi connectivity index (χ1n) is 7.47. The molecule has 0 bridgehead atoms. The summed E-state index contributed by atoms with van der Waals surface area (Å²) in [6.45, 7) is 6.17. The maximum atomic E-state index is 11.4. The predicted molar refractivity (Wildman–Crippen MR) is 83.6 cm³/mol. The van der Waals surface area contributed by atoms with Crippen LogP contribution < -0.4 is 5.32 Å². The third kappa shape index (κ3) is 3.24. The zero-order valence-corrected chi connectivity index (χ0v) is 13.7. The van der Waals surface area contributed by atoms with E-state index in [0.29, 0.717) is 12.1 Å². The van der Waals surface area contributed by atoms with Crippen LogP contribution in [0.15, 0.2) is 0 Å². The van der Waals surface area contributed by atoms with E-state index in [2.05, 4.69) is 31.2 Å². The number of carboxylic acid groups (broad SMARTS) is 1. The lowest BCUT2D eigenvalue weighted by molar-refractivity contribution is 0.190. The third-order valence-corrected chi connectivity index (χ3v) is 4.19. The lowest BCUT2D eigenvalue weighted by Crippen LogP contribution is -2.36. The molecule has 1 atom stereocenters. The number of nitrogens with one attached hydrogen (secondary N) is 1. The Morgan fingerprint density at radius 1 is 1.29 bits per heavy atom. The van der Waals surface area contributed by atoms with Gasteiger partial charge >= 0.3 is 6.09 Å². The summed E-state index contributed by atoms with van der Waals surface area (Å²) in [5.74, 6) is 0. The number of fused-ring (bicyclic) bond motifs is 1. The van der Waals surface area contributed by atoms with Crippen LogP contribution in [0, 0.1) is 0 Å². The maximum absolute atomic E-state index is 11.4. The van der Waals surface area contributed by atoms with E-state index in [1.807, 2.05) is 0 Å². The number of nitrogens with zero attached hydrogens (tertiary/aromatic N) is 2. The summed E-state index contributed by atoms with van der Waals surface area (Å²) in [6.07, 6.45) is 4.43. The molecule has 6 heteroatoms. The minimum absolute atomic E-state index is 0. The smallest absolute Gasteiger partial charge is 0.432 e. The van der Waals surface area contributed by atoms with E-state index in [1.165, 1.54) is 17.5 Å². The molecule has 0 amide bonds. The van der Waals surface area contributed by atoms with Gasteiger partial charge in [0.1, 0.15) is 0 Å². The highest BCUT2D eigenvalue weighted by Gasteiger charge is 2.34. The molecular weight excluding hydrogens is 290 g/mol. The van der Waals surface area contributed by atoms with Gasteiger partial charge in [-0.15, -0.1) is 12.4 Å². The van der Waals surface area contributed by atoms with Gasteiger partial charge < -0.3 is 10.4 Å². The van der Waals surface area contributed by atoms with Gasteiger partial charge in [-0.3, -0.25) is 0 Å². The Kier molecular flexibility index (Phi) is 4.36. The van der Waals surface area contributed by atoms with Gasteiger partial charge in [0.25, 0.3) is 0 Å². The largest absolute Gasteiger partial charge is 0.463 e. The van der Waals surface area contributed by atoms with E-state index < -0.39 is 6.09 Å². The van der Waals surface area contributed by atoms with Gasteiger partial charge in [-0.1, -0.05) is 20.8 Å². The molecule has 5 nitrogen and oxygen atoms in total. The standard InChI is InChI=1S/C15H23N3O2.ClH/c1-15(2,3)13-11-8-10(16-9-4-5-9)6-7-12(11)17-18(13)14(19)20;/h9-10,16H,4-8H2,1-3H3,(H,19,20);1H. The van der Waals surface area contributed by atoms with Crippen molar-refractivity contribution in [2.45, 2.75) is 70.4 Å². The van der Waals surface area contributed by atoms with Crippen molar-refractivity contribution in [1.29, 1.82) is 0 Å². The second-order valence-electron chi connectivity index (χ2n) is 7.10. The summed E-state index contributed by atoms with van der Waals surface area (Å²) in [7, 11) is 0. The number of aromatic nitrogens is 2. The van der Waals surface area contributed by atoms with Crippen LogP contribution in [0.2, 0.25) is 0 Å². The van der Waals surface area contributed by atoms with Crippen LogP contribution in [0.3, 0.4) is 0 Å². The Morgan fingerprint density at radius 3 is 2.48 bits per heavy atom. The lowest BCUT2D eigenvalue weighted by atomic mass is 9.83. The molecule has 0 aromatic carbocycles. The summed E-state index contributed by atoms with van der Waals surface area (Å²) in [4.78, 5) is 11.4. The average molecular weight is 314 g/mol. The predicted octanol–water partition coefficient (Wildman–Crippen LogP) is 2.74. The van der Waals surface area contributed by atoms with Crippen LogP contribution in [-0.2, 0) is 18.3 Å². The Hall–Kier alpha value is -1.07. The molecule has 1 aromatic rings. The lowest BCUT2D eigenvalue weighted by Gasteiger charge is -2.26. The van der Waals surface area contributed by atoms with Crippen LogP contribution in [0.5, 0.6) is 0 Å². The average Bonchev–Trinajstić information content (AvgIpc) is 3.05. The number of rotatable bonds is 2. The van der Waals surface area contributed by atoms with Gasteiger partial charge in [-0.05, 0) is 37.7 Å². The summed E-state index contributed by atoms with van der Waals surface area (Å²) >= 11 is 0. The Balaban J connectivity index is 0.00000161. The molecule has 2 aliphatic carbocycles. The Morgan fingerprint density at radius 2 is 1.95 bits per heavy atom. The van der Waals surface area contributed by atoms with E-state index in [1.54, 1.807) is 0 Å². The summed E-state index contributed by atoms with van der Waals surface area (Å²) in [5, 5.41) is 17.4. The van der Waals surface area contributed by atoms with Crippen LogP contribution >= 0.6 is 12.4 Å². The third-order valence-electron chi connectivity index (χ3n) is 4.19. The van der Waals surface area contributed by atoms with Crippen molar-refractivity contribution in [2.24, 2.45) is 0 Å². The quantitative estimate of drug-likeness (QED) is 0.881. The number of halogens is 1. The molecule has 118 valence electrons. The number of hydrogen-bond donors (Lipinski definition) is 2. The first-order valence-corrected chi connectivity index (χ1v) is 7.47. The van der Waals surface area contributed by atoms with Gasteiger partial charge in [-0.25, -0.2) is 4.79 Å². The molecular formula is C15H24ClN3O2. The molecule has 1 saturated carbocycles. The van der Waals surface area contributed by atoms with E-state index in [-0.39, 0.29) is 17.8 Å². The van der Waals surface area contributed by atoms with Crippen molar-refractivity contribution in [3.8, 4) is 0 Å². The maximum Gasteiger partial charge on any atom is 0.432 e. The van der Waals surface area contributed by atoms with Crippen molar-refractivity contribution in [3.05, 3.63) is 17.0 Å². The van der Waals surface area contributed by atoms with Gasteiger partial charge in [0.05, 0.1) is 11.4 Å². The molecule has 2 N–H and O–H groups in total. The minimum Gasteiger partial charge on any atom is -0.463 e. The highest BCUT2D eigenvalue weighted by Crippen LogP contribution is 2.33. The van der Waals surface area contributed by atoms with Crippen LogP contribution in [-0.4, -0.2) is 33.1 Å². The molecule has 2 aliphatic rings. The molecule has 1 unspecified atom stereocenters. The molecule has 0 saturated heterocycles. The first kappa shape index (κ1) is 16.3. The Labute approximate surface area is 131 Å². The fourth-order valence-electron chi connectivity index (χ4n) is 3.20. The van der Waals surface area contributed by atoms with E-state index in [9.17, 15) is 9.90 Å². The van der Waals surface area contributed by atoms with Crippen molar-refractivity contribution in [1.82, 2.24) is 15.1 Å². The van der Waals surface area contributed by atoms with Crippen LogP contribution in [0.25, 0.3) is 0 Å². The Bertz CT molecular complexity index is 544. The minimum atomic E-state index is -0.976. The number of hydrogen-bond acceptors (Lipinski definition) is 3. The highest BCUT2D eigenvalue weighted by molar-refractivity contribution is 5.85. The van der Waals surface area contributed by atoms with Crippen LogP contribution in [0.4, 0.5) is 4.79 Å². The first-order chi connectivity index (χ1) is 9.36. The highest BCUT2D eigenvalue weighted by atomic mass is 35.5. The fourth-order valence-corrected chi connectivity index (χ4v) is 3.20. The molecule has 1 heterocycles. The van der Waals surface area contributed by atoms with Gasteiger partial charge in [0.2, 0.25) is 0 Å². The topological polar surface area (TPSA) is 67.2 Å². The molecule has 0 aliphatic heterocycles. The second kappa shape index (κ2) is 5.61. The molecule has 1 aromatic heterocycles. The number of carbonyl (C=O) groups is 1. The summed E-state index contributed by atoms with van der Waals surface area (Å²) < 4.78 is 1.20. The van der Waals surface area contributed by atoms with Crippen molar-refractivity contribution in [3.63, 3.8) is 0 Å². The molecule has 0 radical (unpaired) electrons. The van der Waals surface area contributed by atoms with Crippen molar-refractivity contribution >= 4 is 18.5 Å². The second-order valence-corrected chi connectivity index (χ2v) is 7.10. The molecule has 3 rings (SSSR count). The summed E-state index contributed by atoms with van der Waals surface area (Å²) in [5.41, 5.74) is 2.79. The van der Waals surface area contributed by atoms with Gasteiger partial charge in [-0.2, -0.15) is 9.78 Å². The van der Waals surface area contributed by atoms with Crippen molar-refractivity contribution < 1.29 is 9.90 Å². The molecule has 0 spiro atoms. The number of aryl methyl sites for hydroxylation is 1. The van der Waals surface area contributed by atoms with E-state index in [0.717, 1.165) is 36.2 Å². The van der Waals surface area contributed by atoms with E-state index >= 15 is 0 Å². The summed E-state index contributed by atoms with van der Waals surface area (Å²) in [6, 6.07) is 1.16. The van der Waals surface area contributed by atoms with Gasteiger partial charge in [0.15, 0.2) is 0 Å². The molecule has 1 fully saturated rings. The van der Waals surface area contributed by atoms with Crippen LogP contribution in [0.1, 0.15) is 57.0 Å². The van der Waals surface area contributed by atoms with Gasteiger partial charge in [0, 0.05) is 17.5 Å². The monoisotopic (exact) mass is 313 g/mol.